The summed E-state index contributed by atoms with van der Waals surface area (Å²) >= 11 is 0. The van der Waals surface area contributed by atoms with Crippen LogP contribution in [0.5, 0.6) is 0 Å². The first-order valence-corrected chi connectivity index (χ1v) is 9.35. The van der Waals surface area contributed by atoms with Crippen LogP contribution in [0.25, 0.3) is 0 Å². The summed E-state index contributed by atoms with van der Waals surface area (Å²) in [5, 5.41) is 25.8. The molecule has 3 atom stereocenters. The molecular weight excluding hydrogens is 372 g/mol. The fraction of sp³-hybridized carbons (Fsp3) is 0.706. The fourth-order valence-electron chi connectivity index (χ4n) is 3.43. The van der Waals surface area contributed by atoms with E-state index in [1.54, 1.807) is 0 Å². The predicted octanol–water partition coefficient (Wildman–Crippen LogP) is -1.72. The Morgan fingerprint density at radius 2 is 1.82 bits per heavy atom. The van der Waals surface area contributed by atoms with Crippen LogP contribution in [0.1, 0.15) is 38.5 Å². The Morgan fingerprint density at radius 3 is 2.43 bits per heavy atom. The summed E-state index contributed by atoms with van der Waals surface area (Å²) in [6.07, 6.45) is 1.91. The minimum absolute atomic E-state index is 0.234. The number of hydrogen-bond donors (Lipinski definition) is 5. The number of aliphatic carboxylic acids is 2. The van der Waals surface area contributed by atoms with Gasteiger partial charge in [-0.25, -0.2) is 4.79 Å². The second-order valence-electron chi connectivity index (χ2n) is 6.94. The SMILES string of the molecule is O=C(O)CCC(NC(=O)C1CCCN1C(=O)CNC(=O)C1CCCN1)C(=O)O. The van der Waals surface area contributed by atoms with Gasteiger partial charge >= 0.3 is 11.9 Å². The number of carbonyl (C=O) groups excluding carboxylic acids is 3. The van der Waals surface area contributed by atoms with E-state index in [0.29, 0.717) is 25.8 Å². The van der Waals surface area contributed by atoms with E-state index in [1.807, 2.05) is 0 Å². The molecule has 2 heterocycles. The molecule has 0 aromatic heterocycles. The van der Waals surface area contributed by atoms with Crippen molar-refractivity contribution < 1.29 is 34.2 Å². The third-order valence-electron chi connectivity index (χ3n) is 4.93. The summed E-state index contributed by atoms with van der Waals surface area (Å²) in [4.78, 5) is 60.1. The van der Waals surface area contributed by atoms with Crippen LogP contribution in [0.2, 0.25) is 0 Å². The van der Waals surface area contributed by atoms with E-state index in [0.717, 1.165) is 13.0 Å². The molecule has 0 saturated carbocycles. The summed E-state index contributed by atoms with van der Waals surface area (Å²) in [6.45, 7) is 0.858. The van der Waals surface area contributed by atoms with E-state index in [4.69, 9.17) is 10.2 Å². The molecule has 0 bridgehead atoms. The van der Waals surface area contributed by atoms with E-state index < -0.39 is 42.3 Å². The number of likely N-dealkylation sites (tertiary alicyclic amines) is 1. The molecule has 2 fully saturated rings. The molecule has 11 nitrogen and oxygen atoms in total. The molecule has 0 aliphatic carbocycles. The van der Waals surface area contributed by atoms with Gasteiger partial charge in [0, 0.05) is 13.0 Å². The number of amides is 3. The summed E-state index contributed by atoms with van der Waals surface area (Å²) in [7, 11) is 0. The predicted molar refractivity (Wildman–Crippen MR) is 95.2 cm³/mol. The number of nitrogens with one attached hydrogen (secondary N) is 3. The topological polar surface area (TPSA) is 165 Å². The number of nitrogens with zero attached hydrogens (tertiary/aromatic N) is 1. The van der Waals surface area contributed by atoms with Crippen molar-refractivity contribution in [1.82, 2.24) is 20.9 Å². The first-order valence-electron chi connectivity index (χ1n) is 9.35. The van der Waals surface area contributed by atoms with Crippen molar-refractivity contribution in [2.24, 2.45) is 0 Å². The fourth-order valence-corrected chi connectivity index (χ4v) is 3.43. The molecule has 3 unspecified atom stereocenters. The van der Waals surface area contributed by atoms with Crippen molar-refractivity contribution >= 4 is 29.7 Å². The van der Waals surface area contributed by atoms with Gasteiger partial charge in [-0.15, -0.1) is 0 Å². The van der Waals surface area contributed by atoms with Gasteiger partial charge in [-0.05, 0) is 38.6 Å². The molecule has 0 aromatic carbocycles. The summed E-state index contributed by atoms with van der Waals surface area (Å²) in [5.74, 6) is -3.80. The number of carboxylic acid groups (broad SMARTS) is 2. The monoisotopic (exact) mass is 398 g/mol. The van der Waals surface area contributed by atoms with Crippen molar-refractivity contribution in [3.8, 4) is 0 Å². The normalized spacial score (nSPS) is 22.5. The maximum atomic E-state index is 12.5. The summed E-state index contributed by atoms with van der Waals surface area (Å²) in [5.41, 5.74) is 0. The molecule has 156 valence electrons. The average Bonchev–Trinajstić information content (AvgIpc) is 3.33. The van der Waals surface area contributed by atoms with Gasteiger partial charge in [-0.1, -0.05) is 0 Å². The van der Waals surface area contributed by atoms with Crippen molar-refractivity contribution in [2.45, 2.75) is 56.7 Å². The van der Waals surface area contributed by atoms with Gasteiger partial charge < -0.3 is 31.1 Å². The van der Waals surface area contributed by atoms with Gasteiger partial charge in [0.25, 0.3) is 0 Å². The summed E-state index contributed by atoms with van der Waals surface area (Å²) in [6, 6.07) is -2.48. The zero-order valence-electron chi connectivity index (χ0n) is 15.5. The van der Waals surface area contributed by atoms with Crippen LogP contribution in [0.3, 0.4) is 0 Å². The molecular formula is C17H26N4O7. The Balaban J connectivity index is 1.88. The van der Waals surface area contributed by atoms with Gasteiger partial charge in [0.1, 0.15) is 12.1 Å². The molecule has 28 heavy (non-hydrogen) atoms. The number of hydrogen-bond acceptors (Lipinski definition) is 6. The maximum Gasteiger partial charge on any atom is 0.326 e. The number of carboxylic acids is 2. The maximum absolute atomic E-state index is 12.5. The third kappa shape index (κ3) is 5.91. The highest BCUT2D eigenvalue weighted by molar-refractivity contribution is 5.93. The Bertz CT molecular complexity index is 633. The first-order chi connectivity index (χ1) is 13.3. The Labute approximate surface area is 161 Å². The van der Waals surface area contributed by atoms with Crippen LogP contribution in [0, 0.1) is 0 Å². The second kappa shape index (κ2) is 10.0. The van der Waals surface area contributed by atoms with E-state index in [2.05, 4.69) is 16.0 Å². The van der Waals surface area contributed by atoms with Crippen LogP contribution >= 0.6 is 0 Å². The molecule has 11 heteroatoms. The molecule has 2 aliphatic rings. The van der Waals surface area contributed by atoms with Gasteiger partial charge in [0.05, 0.1) is 12.6 Å². The lowest BCUT2D eigenvalue weighted by molar-refractivity contribution is -0.144. The van der Waals surface area contributed by atoms with Crippen LogP contribution in [0.15, 0.2) is 0 Å². The lowest BCUT2D eigenvalue weighted by Gasteiger charge is -2.25. The Hall–Kier alpha value is -2.69. The molecule has 5 N–H and O–H groups in total. The molecule has 3 amide bonds. The van der Waals surface area contributed by atoms with Crippen molar-refractivity contribution in [3.05, 3.63) is 0 Å². The second-order valence-corrected chi connectivity index (χ2v) is 6.94. The van der Waals surface area contributed by atoms with Crippen LogP contribution in [-0.4, -0.2) is 82.5 Å². The van der Waals surface area contributed by atoms with Crippen LogP contribution < -0.4 is 16.0 Å². The smallest absolute Gasteiger partial charge is 0.326 e. The van der Waals surface area contributed by atoms with Crippen molar-refractivity contribution in [3.63, 3.8) is 0 Å². The number of carbonyl (C=O) groups is 5. The van der Waals surface area contributed by atoms with E-state index in [1.165, 1.54) is 4.90 Å². The lowest BCUT2D eigenvalue weighted by Crippen LogP contribution is -2.53. The van der Waals surface area contributed by atoms with Gasteiger partial charge in [0.15, 0.2) is 0 Å². The first kappa shape index (κ1) is 21.6. The third-order valence-corrected chi connectivity index (χ3v) is 4.93. The van der Waals surface area contributed by atoms with Crippen LogP contribution in [0.4, 0.5) is 0 Å². The lowest BCUT2D eigenvalue weighted by atomic mass is 10.1. The highest BCUT2D eigenvalue weighted by atomic mass is 16.4. The average molecular weight is 398 g/mol. The molecule has 2 saturated heterocycles. The minimum Gasteiger partial charge on any atom is -0.481 e. The summed E-state index contributed by atoms with van der Waals surface area (Å²) < 4.78 is 0. The number of rotatable bonds is 9. The zero-order chi connectivity index (χ0) is 20.7. The Kier molecular flexibility index (Phi) is 7.73. The molecule has 2 aliphatic heterocycles. The van der Waals surface area contributed by atoms with Crippen molar-refractivity contribution in [1.29, 1.82) is 0 Å². The highest BCUT2D eigenvalue weighted by Crippen LogP contribution is 2.18. The molecule has 0 radical (unpaired) electrons. The van der Waals surface area contributed by atoms with E-state index in [9.17, 15) is 24.0 Å². The quantitative estimate of drug-likeness (QED) is 0.306. The van der Waals surface area contributed by atoms with E-state index in [-0.39, 0.29) is 24.9 Å². The van der Waals surface area contributed by atoms with Gasteiger partial charge in [-0.2, -0.15) is 0 Å². The van der Waals surface area contributed by atoms with Crippen LogP contribution in [-0.2, 0) is 24.0 Å². The standard InChI is InChI=1S/C17H26N4O7/c22-13(9-19-15(25)10-3-1-7-18-10)21-8-2-4-12(21)16(26)20-11(17(27)28)5-6-14(23)24/h10-12,18H,1-9H2,(H,19,25)(H,20,26)(H,23,24)(H,27,28). The molecule has 0 spiro atoms. The van der Waals surface area contributed by atoms with Gasteiger partial charge in [0.2, 0.25) is 17.7 Å². The van der Waals surface area contributed by atoms with Gasteiger partial charge in [-0.3, -0.25) is 19.2 Å². The Morgan fingerprint density at radius 1 is 1.07 bits per heavy atom. The molecule has 0 aromatic rings. The van der Waals surface area contributed by atoms with E-state index >= 15 is 0 Å². The minimum atomic E-state index is -1.34. The zero-order valence-corrected chi connectivity index (χ0v) is 15.5. The largest absolute Gasteiger partial charge is 0.481 e. The molecule has 2 rings (SSSR count). The highest BCUT2D eigenvalue weighted by Gasteiger charge is 2.36. The van der Waals surface area contributed by atoms with Crippen molar-refractivity contribution in [2.75, 3.05) is 19.6 Å².